The molecule has 0 bridgehead atoms. The summed E-state index contributed by atoms with van der Waals surface area (Å²) in [6.07, 6.45) is -3.62. The molecule has 1 heterocycles. The molecule has 0 saturated carbocycles. The van der Waals surface area contributed by atoms with Gasteiger partial charge < -0.3 is 5.73 Å². The van der Waals surface area contributed by atoms with E-state index in [4.69, 9.17) is 5.73 Å². The lowest BCUT2D eigenvalue weighted by Gasteiger charge is -2.20. The van der Waals surface area contributed by atoms with Crippen LogP contribution in [-0.4, -0.2) is 15.7 Å². The average molecular weight is 220 g/mol. The Bertz CT molecular complexity index is 381. The highest BCUT2D eigenvalue weighted by Gasteiger charge is 2.36. The highest BCUT2D eigenvalue weighted by molar-refractivity contribution is 5.81. The minimum absolute atomic E-state index is 0.771. The van der Waals surface area contributed by atoms with Crippen LogP contribution < -0.4 is 5.73 Å². The lowest BCUT2D eigenvalue weighted by molar-refractivity contribution is -0.142. The van der Waals surface area contributed by atoms with Crippen molar-refractivity contribution in [1.29, 1.82) is 0 Å². The van der Waals surface area contributed by atoms with Crippen molar-refractivity contribution < 1.29 is 18.0 Å². The topological polar surface area (TPSA) is 60.9 Å². The molecule has 7 heteroatoms. The number of rotatable bonds is 2. The predicted molar refractivity (Wildman–Crippen MR) is 44.6 cm³/mol. The van der Waals surface area contributed by atoms with Crippen molar-refractivity contribution in [3.63, 3.8) is 0 Å². The smallest absolute Gasteiger partial charge is 0.368 e. The van der Waals surface area contributed by atoms with Crippen molar-refractivity contribution >= 4 is 5.91 Å². The van der Waals surface area contributed by atoms with E-state index in [1.165, 1.54) is 13.8 Å². The van der Waals surface area contributed by atoms with Gasteiger partial charge in [0.25, 0.3) is 0 Å². The van der Waals surface area contributed by atoms with Gasteiger partial charge in [-0.05, 0) is 13.8 Å². The Hall–Kier alpha value is -1.53. The normalized spacial score (nSPS) is 12.9. The van der Waals surface area contributed by atoms with Crippen LogP contribution in [0.15, 0.2) is 6.20 Å². The summed E-state index contributed by atoms with van der Waals surface area (Å²) in [7, 11) is 0. The van der Waals surface area contributed by atoms with Crippen molar-refractivity contribution in [3.05, 3.63) is 18.0 Å². The lowest BCUT2D eigenvalue weighted by atomic mass is 10.1. The number of nitrogens with zero attached hydrogens (tertiary/aromatic N) is 2. The highest BCUT2D eigenvalue weighted by Crippen LogP contribution is 2.28. The van der Waals surface area contributed by atoms with Crippen molar-refractivity contribution in [1.82, 2.24) is 9.78 Å². The van der Waals surface area contributed by atoms with E-state index >= 15 is 0 Å². The van der Waals surface area contributed by atoms with Crippen molar-refractivity contribution in [3.8, 4) is 0 Å². The van der Waals surface area contributed by atoms with Crippen LogP contribution in [0.1, 0.15) is 19.5 Å². The Morgan fingerprint density at radius 1 is 1.53 bits per heavy atom. The number of halogens is 3. The van der Waals surface area contributed by atoms with Gasteiger partial charge in [0.2, 0.25) is 5.91 Å². The summed E-state index contributed by atoms with van der Waals surface area (Å²) in [5.74, 6) is -0.771. The first-order valence-corrected chi connectivity index (χ1v) is 4.00. The molecule has 2 N–H and O–H groups in total. The molecular weight excluding hydrogens is 211 g/mol. The molecule has 1 aromatic rings. The molecule has 0 aliphatic heterocycles. The summed E-state index contributed by atoms with van der Waals surface area (Å²) >= 11 is 0. The summed E-state index contributed by atoms with van der Waals surface area (Å²) in [5.41, 5.74) is 2.55. The molecule has 0 saturated heterocycles. The number of carbonyl (C=O) groups is 1. The summed E-state index contributed by atoms with van der Waals surface area (Å²) in [6.45, 7) is 2.74. The van der Waals surface area contributed by atoms with Crippen LogP contribution in [0.2, 0.25) is 0 Å². The standard InChI is InChI=1S/C8H9F3N3O/c1-7(2,6(12)15)14-4-3-5(13-14)8(9,10)11/h4H,1-2H3,(H2,12,15). The second-order valence-electron chi connectivity index (χ2n) is 3.49. The minimum atomic E-state index is -4.57. The maximum Gasteiger partial charge on any atom is 0.435 e. The Kier molecular flexibility index (Phi) is 2.50. The molecular formula is C8H9F3N3O. The third-order valence-corrected chi connectivity index (χ3v) is 1.98. The van der Waals surface area contributed by atoms with Gasteiger partial charge in [0.05, 0.1) is 0 Å². The molecule has 0 spiro atoms. The third kappa shape index (κ3) is 2.11. The molecule has 0 aromatic carbocycles. The van der Waals surface area contributed by atoms with Crippen LogP contribution in [-0.2, 0) is 16.5 Å². The van der Waals surface area contributed by atoms with Gasteiger partial charge in [-0.15, -0.1) is 0 Å². The second-order valence-corrected chi connectivity index (χ2v) is 3.49. The highest BCUT2D eigenvalue weighted by atomic mass is 19.4. The number of amides is 1. The lowest BCUT2D eigenvalue weighted by Crippen LogP contribution is -2.41. The van der Waals surface area contributed by atoms with Gasteiger partial charge in [-0.1, -0.05) is 0 Å². The number of carbonyl (C=O) groups excluding carboxylic acids is 1. The van der Waals surface area contributed by atoms with Crippen LogP contribution >= 0.6 is 0 Å². The van der Waals surface area contributed by atoms with Gasteiger partial charge in [-0.25, -0.2) is 0 Å². The van der Waals surface area contributed by atoms with E-state index in [9.17, 15) is 18.0 Å². The van der Waals surface area contributed by atoms with E-state index in [2.05, 4.69) is 5.10 Å². The molecule has 1 aromatic heterocycles. The molecule has 0 fully saturated rings. The van der Waals surface area contributed by atoms with Crippen LogP contribution in [0.4, 0.5) is 13.2 Å². The van der Waals surface area contributed by atoms with Gasteiger partial charge in [-0.2, -0.15) is 18.3 Å². The largest absolute Gasteiger partial charge is 0.435 e. The van der Waals surface area contributed by atoms with Gasteiger partial charge in [-0.3, -0.25) is 9.48 Å². The van der Waals surface area contributed by atoms with Gasteiger partial charge in [0, 0.05) is 12.3 Å². The quantitative estimate of drug-likeness (QED) is 0.805. The van der Waals surface area contributed by atoms with Crippen LogP contribution in [0.3, 0.4) is 0 Å². The number of nitrogens with two attached hydrogens (primary N) is 1. The minimum Gasteiger partial charge on any atom is -0.368 e. The molecule has 0 unspecified atom stereocenters. The van der Waals surface area contributed by atoms with Crippen LogP contribution in [0.5, 0.6) is 0 Å². The molecule has 0 aliphatic carbocycles. The zero-order valence-electron chi connectivity index (χ0n) is 8.09. The maximum atomic E-state index is 12.2. The molecule has 1 rings (SSSR count). The molecule has 15 heavy (non-hydrogen) atoms. The van der Waals surface area contributed by atoms with Crippen molar-refractivity contribution in [2.45, 2.75) is 25.6 Å². The van der Waals surface area contributed by atoms with E-state index in [1.807, 2.05) is 6.07 Å². The SMILES string of the molecule is CC(C)(C(N)=O)n1c[c]c(C(F)(F)F)n1. The number of primary amides is 1. The first-order chi connectivity index (χ1) is 6.65. The number of alkyl halides is 3. The summed E-state index contributed by atoms with van der Waals surface area (Å²) < 4.78 is 37.3. The maximum absolute atomic E-state index is 12.2. The average Bonchev–Trinajstić information content (AvgIpc) is 2.50. The molecule has 0 aliphatic rings. The second kappa shape index (κ2) is 3.25. The first-order valence-electron chi connectivity index (χ1n) is 4.00. The Balaban J connectivity index is 3.10. The van der Waals surface area contributed by atoms with Gasteiger partial charge >= 0.3 is 6.18 Å². The summed E-state index contributed by atoms with van der Waals surface area (Å²) in [5, 5.41) is 3.21. The molecule has 1 radical (unpaired) electrons. The van der Waals surface area contributed by atoms with Crippen molar-refractivity contribution in [2.75, 3.05) is 0 Å². The molecule has 4 nitrogen and oxygen atoms in total. The predicted octanol–water partition coefficient (Wildman–Crippen LogP) is 0.922. The molecule has 0 atom stereocenters. The number of hydrogen-bond acceptors (Lipinski definition) is 2. The van der Waals surface area contributed by atoms with Gasteiger partial charge in [0.1, 0.15) is 5.54 Å². The van der Waals surface area contributed by atoms with E-state index in [0.717, 1.165) is 10.9 Å². The Labute approximate surface area is 83.9 Å². The fourth-order valence-corrected chi connectivity index (χ4v) is 0.826. The number of hydrogen-bond donors (Lipinski definition) is 1. The fraction of sp³-hybridized carbons (Fsp3) is 0.500. The van der Waals surface area contributed by atoms with Crippen molar-refractivity contribution in [2.24, 2.45) is 5.73 Å². The Morgan fingerprint density at radius 2 is 2.07 bits per heavy atom. The number of aromatic nitrogens is 2. The van der Waals surface area contributed by atoms with E-state index in [0.29, 0.717) is 0 Å². The van der Waals surface area contributed by atoms with E-state index in [-0.39, 0.29) is 0 Å². The fourth-order valence-electron chi connectivity index (χ4n) is 0.826. The summed E-state index contributed by atoms with van der Waals surface area (Å²) in [6, 6.07) is 1.93. The molecule has 1 amide bonds. The molecule has 83 valence electrons. The van der Waals surface area contributed by atoms with Crippen LogP contribution in [0, 0.1) is 6.07 Å². The first kappa shape index (κ1) is 11.5. The summed E-state index contributed by atoms with van der Waals surface area (Å²) in [4.78, 5) is 10.9. The Morgan fingerprint density at radius 3 is 2.40 bits per heavy atom. The van der Waals surface area contributed by atoms with Gasteiger partial charge in [0.15, 0.2) is 5.69 Å². The van der Waals surface area contributed by atoms with E-state index < -0.39 is 23.3 Å². The van der Waals surface area contributed by atoms with Crippen LogP contribution in [0.25, 0.3) is 0 Å². The zero-order chi connectivity index (χ0) is 11.9. The van der Waals surface area contributed by atoms with E-state index in [1.54, 1.807) is 0 Å². The third-order valence-electron chi connectivity index (χ3n) is 1.98. The monoisotopic (exact) mass is 220 g/mol. The zero-order valence-corrected chi connectivity index (χ0v) is 8.09.